The number of aryl methyl sites for hydroxylation is 2. The highest BCUT2D eigenvalue weighted by atomic mass is 35.5. The van der Waals surface area contributed by atoms with E-state index in [1.807, 2.05) is 74.5 Å². The summed E-state index contributed by atoms with van der Waals surface area (Å²) in [6.07, 6.45) is 5.72. The minimum atomic E-state index is -0.710. The maximum atomic E-state index is 13.8. The molecular formula is C32H36Cl2N2O3. The Hall–Kier alpha value is -3.02. The predicted octanol–water partition coefficient (Wildman–Crippen LogP) is 7.08. The fourth-order valence-corrected chi connectivity index (χ4v) is 5.47. The van der Waals surface area contributed by atoms with E-state index in [0.717, 1.165) is 47.9 Å². The first-order valence-electron chi connectivity index (χ1n) is 13.6. The van der Waals surface area contributed by atoms with Gasteiger partial charge in [-0.3, -0.25) is 9.59 Å². The third-order valence-electron chi connectivity index (χ3n) is 7.24. The highest BCUT2D eigenvalue weighted by Gasteiger charge is 2.32. The maximum Gasteiger partial charge on any atom is 0.261 e. The maximum absolute atomic E-state index is 13.8. The first kappa shape index (κ1) is 29.0. The van der Waals surface area contributed by atoms with Crippen molar-refractivity contribution in [2.24, 2.45) is 0 Å². The van der Waals surface area contributed by atoms with E-state index in [9.17, 15) is 9.59 Å². The molecule has 0 spiro atoms. The number of carbonyl (C=O) groups is 2. The van der Waals surface area contributed by atoms with Crippen LogP contribution in [0.1, 0.15) is 54.4 Å². The van der Waals surface area contributed by atoms with Crippen LogP contribution in [0.4, 0.5) is 0 Å². The molecular weight excluding hydrogens is 531 g/mol. The van der Waals surface area contributed by atoms with Crippen LogP contribution in [0.2, 0.25) is 10.0 Å². The zero-order valence-electron chi connectivity index (χ0n) is 22.6. The number of carbonyl (C=O) groups excluding carboxylic acids is 2. The molecule has 7 heteroatoms. The number of benzene rings is 3. The highest BCUT2D eigenvalue weighted by Crippen LogP contribution is 2.26. The summed E-state index contributed by atoms with van der Waals surface area (Å²) in [7, 11) is 0. The summed E-state index contributed by atoms with van der Waals surface area (Å²) in [5.41, 5.74) is 3.58. The molecule has 1 fully saturated rings. The Morgan fingerprint density at radius 2 is 1.59 bits per heavy atom. The molecule has 5 nitrogen and oxygen atoms in total. The van der Waals surface area contributed by atoms with E-state index in [4.69, 9.17) is 27.9 Å². The molecule has 0 aromatic heterocycles. The fourth-order valence-electron chi connectivity index (χ4n) is 5.15. The Labute approximate surface area is 241 Å². The average Bonchev–Trinajstić information content (AvgIpc) is 2.93. The van der Waals surface area contributed by atoms with Gasteiger partial charge in [0, 0.05) is 29.1 Å². The number of nitrogens with zero attached hydrogens (tertiary/aromatic N) is 1. The third-order valence-corrected chi connectivity index (χ3v) is 8.07. The zero-order valence-corrected chi connectivity index (χ0v) is 24.1. The van der Waals surface area contributed by atoms with Crippen molar-refractivity contribution in [3.63, 3.8) is 0 Å². The van der Waals surface area contributed by atoms with Crippen molar-refractivity contribution in [2.75, 3.05) is 6.61 Å². The summed E-state index contributed by atoms with van der Waals surface area (Å²) >= 11 is 12.6. The van der Waals surface area contributed by atoms with Gasteiger partial charge in [-0.25, -0.2) is 0 Å². The standard InChI is InChI=1S/C32H36Cl2N2O3/c1-22-16-28(17-23(2)31(22)34)39-21-30(37)36(20-25-12-9-13-26(33)18-25)29(19-24-10-5-3-6-11-24)32(38)35-27-14-7-4-8-15-27/h3,5-6,9-13,16-18,27,29H,4,7-8,14-15,19-21H2,1-2H3,(H,35,38)/t29-/m0/s1. The highest BCUT2D eigenvalue weighted by molar-refractivity contribution is 6.32. The molecule has 3 aromatic carbocycles. The van der Waals surface area contributed by atoms with E-state index < -0.39 is 6.04 Å². The minimum absolute atomic E-state index is 0.129. The van der Waals surface area contributed by atoms with Crippen molar-refractivity contribution in [3.05, 3.63) is 99.0 Å². The van der Waals surface area contributed by atoms with E-state index >= 15 is 0 Å². The largest absolute Gasteiger partial charge is 0.484 e. The van der Waals surface area contributed by atoms with Gasteiger partial charge in [0.25, 0.3) is 5.91 Å². The lowest BCUT2D eigenvalue weighted by atomic mass is 9.94. The number of amides is 2. The fraction of sp³-hybridized carbons (Fsp3) is 0.375. The van der Waals surface area contributed by atoms with Crippen LogP contribution < -0.4 is 10.1 Å². The Bertz CT molecular complexity index is 1250. The molecule has 0 bridgehead atoms. The predicted molar refractivity (Wildman–Crippen MR) is 157 cm³/mol. The third kappa shape index (κ3) is 8.23. The Kier molecular flexibility index (Phi) is 10.3. The van der Waals surface area contributed by atoms with Gasteiger partial charge < -0.3 is 15.0 Å². The smallest absolute Gasteiger partial charge is 0.261 e. The number of hydrogen-bond acceptors (Lipinski definition) is 3. The Balaban J connectivity index is 1.62. The van der Waals surface area contributed by atoms with Crippen LogP contribution in [0, 0.1) is 13.8 Å². The van der Waals surface area contributed by atoms with Gasteiger partial charge in [0.2, 0.25) is 5.91 Å². The molecule has 2 amide bonds. The lowest BCUT2D eigenvalue weighted by Gasteiger charge is -2.33. The van der Waals surface area contributed by atoms with Gasteiger partial charge >= 0.3 is 0 Å². The summed E-state index contributed by atoms with van der Waals surface area (Å²) in [6.45, 7) is 3.84. The normalized spacial score (nSPS) is 14.5. The van der Waals surface area contributed by atoms with E-state index in [-0.39, 0.29) is 31.0 Å². The topological polar surface area (TPSA) is 58.6 Å². The van der Waals surface area contributed by atoms with Crippen LogP contribution in [0.25, 0.3) is 0 Å². The van der Waals surface area contributed by atoms with Crippen LogP contribution in [-0.2, 0) is 22.6 Å². The van der Waals surface area contributed by atoms with E-state index in [2.05, 4.69) is 5.32 Å². The Morgan fingerprint density at radius 1 is 0.923 bits per heavy atom. The van der Waals surface area contributed by atoms with Crippen molar-refractivity contribution in [2.45, 2.75) is 71.0 Å². The summed E-state index contributed by atoms with van der Waals surface area (Å²) in [5, 5.41) is 4.51. The van der Waals surface area contributed by atoms with Gasteiger partial charge in [-0.2, -0.15) is 0 Å². The van der Waals surface area contributed by atoms with Gasteiger partial charge in [-0.15, -0.1) is 0 Å². The summed E-state index contributed by atoms with van der Waals surface area (Å²) in [5.74, 6) is 0.149. The van der Waals surface area contributed by atoms with E-state index in [1.165, 1.54) is 6.42 Å². The van der Waals surface area contributed by atoms with Crippen molar-refractivity contribution in [1.82, 2.24) is 10.2 Å². The summed E-state index contributed by atoms with van der Waals surface area (Å²) < 4.78 is 5.95. The zero-order chi connectivity index (χ0) is 27.8. The molecule has 3 aromatic rings. The Morgan fingerprint density at radius 3 is 2.26 bits per heavy atom. The molecule has 0 unspecified atom stereocenters. The van der Waals surface area contributed by atoms with Crippen LogP contribution in [0.3, 0.4) is 0 Å². The van der Waals surface area contributed by atoms with Gasteiger partial charge in [0.05, 0.1) is 0 Å². The molecule has 0 heterocycles. The van der Waals surface area contributed by atoms with Crippen molar-refractivity contribution in [1.29, 1.82) is 0 Å². The van der Waals surface area contributed by atoms with Gasteiger partial charge in [-0.05, 0) is 73.2 Å². The molecule has 0 saturated heterocycles. The molecule has 1 aliphatic carbocycles. The lowest BCUT2D eigenvalue weighted by molar-refractivity contribution is -0.143. The number of nitrogens with one attached hydrogen (secondary N) is 1. The quantitative estimate of drug-likeness (QED) is 0.285. The van der Waals surface area contributed by atoms with Gasteiger partial charge in [0.15, 0.2) is 6.61 Å². The van der Waals surface area contributed by atoms with Crippen LogP contribution in [0.5, 0.6) is 5.75 Å². The molecule has 1 N–H and O–H groups in total. The second kappa shape index (κ2) is 13.9. The second-order valence-electron chi connectivity index (χ2n) is 10.4. The van der Waals surface area contributed by atoms with Crippen LogP contribution in [0.15, 0.2) is 66.7 Å². The van der Waals surface area contributed by atoms with Crippen LogP contribution in [-0.4, -0.2) is 35.4 Å². The molecule has 1 atom stereocenters. The molecule has 4 rings (SSSR count). The molecule has 39 heavy (non-hydrogen) atoms. The van der Waals surface area contributed by atoms with Crippen LogP contribution >= 0.6 is 23.2 Å². The van der Waals surface area contributed by atoms with E-state index in [1.54, 1.807) is 11.0 Å². The van der Waals surface area contributed by atoms with E-state index in [0.29, 0.717) is 22.2 Å². The monoisotopic (exact) mass is 566 g/mol. The SMILES string of the molecule is Cc1cc(OCC(=O)N(Cc2cccc(Cl)c2)[C@@H](Cc2ccccc2)C(=O)NC2CCCCC2)cc(C)c1Cl. The average molecular weight is 568 g/mol. The van der Waals surface area contributed by atoms with Gasteiger partial charge in [0.1, 0.15) is 11.8 Å². The number of halogens is 2. The first-order valence-corrected chi connectivity index (χ1v) is 14.3. The summed E-state index contributed by atoms with van der Waals surface area (Å²) in [6, 6.07) is 20.3. The van der Waals surface area contributed by atoms with Crippen molar-refractivity contribution >= 4 is 35.0 Å². The number of ether oxygens (including phenoxy) is 1. The van der Waals surface area contributed by atoms with Crippen molar-refractivity contribution < 1.29 is 14.3 Å². The minimum Gasteiger partial charge on any atom is -0.484 e. The van der Waals surface area contributed by atoms with Crippen molar-refractivity contribution in [3.8, 4) is 5.75 Å². The lowest BCUT2D eigenvalue weighted by Crippen LogP contribution is -2.53. The molecule has 1 saturated carbocycles. The molecule has 206 valence electrons. The second-order valence-corrected chi connectivity index (χ2v) is 11.2. The van der Waals surface area contributed by atoms with Gasteiger partial charge in [-0.1, -0.05) is 84.9 Å². The number of rotatable bonds is 10. The molecule has 1 aliphatic rings. The first-order chi connectivity index (χ1) is 18.8. The summed E-state index contributed by atoms with van der Waals surface area (Å²) in [4.78, 5) is 29.3. The number of hydrogen-bond donors (Lipinski definition) is 1. The molecule has 0 aliphatic heterocycles. The molecule has 0 radical (unpaired) electrons.